The smallest absolute Gasteiger partial charge is 0.223 e. The molecular formula is C28H21N5OS. The summed E-state index contributed by atoms with van der Waals surface area (Å²) in [6.07, 6.45) is 4.30. The molecule has 7 rings (SSSR count). The minimum atomic E-state index is 0.476. The highest BCUT2D eigenvalue weighted by atomic mass is 32.1. The summed E-state index contributed by atoms with van der Waals surface area (Å²) in [7, 11) is 0. The van der Waals surface area contributed by atoms with Crippen LogP contribution in [0.15, 0.2) is 72.9 Å². The topological polar surface area (TPSA) is 72.8 Å². The maximum Gasteiger partial charge on any atom is 0.223 e. The molecule has 1 aliphatic rings. The van der Waals surface area contributed by atoms with Gasteiger partial charge in [-0.05, 0) is 62.2 Å². The minimum absolute atomic E-state index is 0.476. The number of pyridine rings is 3. The van der Waals surface area contributed by atoms with Gasteiger partial charge in [-0.25, -0.2) is 4.98 Å². The quantitative estimate of drug-likeness (QED) is 0.278. The summed E-state index contributed by atoms with van der Waals surface area (Å²) in [6, 6.07) is 22.0. The lowest BCUT2D eigenvalue weighted by Gasteiger charge is -2.13. The van der Waals surface area contributed by atoms with Gasteiger partial charge in [0.1, 0.15) is 11.6 Å². The molecule has 0 amide bonds. The number of aryl methyl sites for hydroxylation is 1. The first-order valence-electron chi connectivity index (χ1n) is 11.7. The summed E-state index contributed by atoms with van der Waals surface area (Å²) >= 11 is 1.79. The number of rotatable bonds is 5. The van der Waals surface area contributed by atoms with Gasteiger partial charge in [0.05, 0.1) is 26.3 Å². The number of nitrogens with zero attached hydrogens (tertiary/aromatic N) is 4. The van der Waals surface area contributed by atoms with Crippen LogP contribution >= 0.6 is 11.3 Å². The normalized spacial score (nSPS) is 13.5. The van der Waals surface area contributed by atoms with Gasteiger partial charge in [0.25, 0.3) is 0 Å². The van der Waals surface area contributed by atoms with Crippen LogP contribution in [-0.4, -0.2) is 19.9 Å². The van der Waals surface area contributed by atoms with Crippen LogP contribution in [0.2, 0.25) is 0 Å². The molecule has 0 spiro atoms. The van der Waals surface area contributed by atoms with Gasteiger partial charge in [0, 0.05) is 46.4 Å². The molecule has 35 heavy (non-hydrogen) atoms. The van der Waals surface area contributed by atoms with E-state index in [1.54, 1.807) is 17.5 Å². The predicted octanol–water partition coefficient (Wildman–Crippen LogP) is 7.51. The molecule has 0 radical (unpaired) electrons. The molecule has 1 aliphatic carbocycles. The van der Waals surface area contributed by atoms with Crippen LogP contribution in [0.3, 0.4) is 0 Å². The zero-order valence-electron chi connectivity index (χ0n) is 19.0. The van der Waals surface area contributed by atoms with E-state index in [9.17, 15) is 0 Å². The fourth-order valence-electron chi connectivity index (χ4n) is 4.33. The lowest BCUT2D eigenvalue weighted by atomic mass is 10.2. The number of nitrogens with one attached hydrogen (secondary N) is 1. The molecule has 6 nitrogen and oxygen atoms in total. The molecule has 4 heterocycles. The Labute approximate surface area is 205 Å². The van der Waals surface area contributed by atoms with Crippen LogP contribution in [0.4, 0.5) is 11.5 Å². The number of hydrogen-bond donors (Lipinski definition) is 1. The van der Waals surface area contributed by atoms with Crippen molar-refractivity contribution < 1.29 is 4.74 Å². The van der Waals surface area contributed by atoms with Crippen molar-refractivity contribution in [3.05, 3.63) is 83.6 Å². The monoisotopic (exact) mass is 475 g/mol. The Hall–Kier alpha value is -4.10. The standard InChI is InChI=1S/C28H21N5OS/c1-16-13-24(19-5-2-3-7-21(19)30-16)34-26-15-23-20(6-4-12-29-23)27(33-26)31-18-10-11-22-25(14-18)35-28(32-22)17-8-9-17/h2-7,10-15,17H,8-9H2,1H3,(H,31,33). The Morgan fingerprint density at radius 1 is 0.857 bits per heavy atom. The molecule has 0 saturated heterocycles. The first-order chi connectivity index (χ1) is 17.2. The van der Waals surface area contributed by atoms with Gasteiger partial charge in [-0.3, -0.25) is 9.97 Å². The van der Waals surface area contributed by atoms with Crippen LogP contribution in [0.1, 0.15) is 29.5 Å². The summed E-state index contributed by atoms with van der Waals surface area (Å²) < 4.78 is 7.51. The predicted molar refractivity (Wildman–Crippen MR) is 141 cm³/mol. The lowest BCUT2D eigenvalue weighted by Crippen LogP contribution is -1.99. The number of thiazole rings is 1. The summed E-state index contributed by atoms with van der Waals surface area (Å²) in [6.45, 7) is 1.96. The van der Waals surface area contributed by atoms with Crippen molar-refractivity contribution in [1.29, 1.82) is 0 Å². The molecular weight excluding hydrogens is 454 g/mol. The number of hydrogen-bond acceptors (Lipinski definition) is 7. The maximum atomic E-state index is 6.33. The van der Waals surface area contributed by atoms with Crippen molar-refractivity contribution in [1.82, 2.24) is 19.9 Å². The third-order valence-electron chi connectivity index (χ3n) is 6.19. The number of fused-ring (bicyclic) bond motifs is 3. The average Bonchev–Trinajstić information content (AvgIpc) is 3.63. The third kappa shape index (κ3) is 3.84. The fourth-order valence-corrected chi connectivity index (χ4v) is 5.50. The molecule has 0 unspecified atom stereocenters. The summed E-state index contributed by atoms with van der Waals surface area (Å²) in [4.78, 5) is 18.8. The molecule has 2 aromatic carbocycles. The number of para-hydroxylation sites is 1. The molecule has 1 N–H and O–H groups in total. The number of benzene rings is 2. The molecule has 1 fully saturated rings. The zero-order valence-corrected chi connectivity index (χ0v) is 19.8. The van der Waals surface area contributed by atoms with E-state index in [0.29, 0.717) is 17.6 Å². The second-order valence-electron chi connectivity index (χ2n) is 8.89. The van der Waals surface area contributed by atoms with Crippen LogP contribution in [0, 0.1) is 6.92 Å². The minimum Gasteiger partial charge on any atom is -0.438 e. The Balaban J connectivity index is 1.29. The Morgan fingerprint density at radius 2 is 1.74 bits per heavy atom. The van der Waals surface area contributed by atoms with Crippen LogP contribution in [-0.2, 0) is 0 Å². The lowest BCUT2D eigenvalue weighted by molar-refractivity contribution is 0.469. The van der Waals surface area contributed by atoms with E-state index in [2.05, 4.69) is 33.5 Å². The van der Waals surface area contributed by atoms with Gasteiger partial charge in [-0.2, -0.15) is 4.98 Å². The molecule has 0 bridgehead atoms. The van der Waals surface area contributed by atoms with Crippen molar-refractivity contribution in [2.45, 2.75) is 25.7 Å². The van der Waals surface area contributed by atoms with E-state index < -0.39 is 0 Å². The van der Waals surface area contributed by atoms with Gasteiger partial charge >= 0.3 is 0 Å². The summed E-state index contributed by atoms with van der Waals surface area (Å²) in [5, 5.41) is 6.63. The summed E-state index contributed by atoms with van der Waals surface area (Å²) in [5.74, 6) is 2.55. The Morgan fingerprint density at radius 3 is 2.66 bits per heavy atom. The molecule has 4 aromatic heterocycles. The second kappa shape index (κ2) is 7.99. The SMILES string of the molecule is Cc1cc(Oc2cc3ncccc3c(Nc3ccc4nc(C5CC5)sc4c3)n2)c2ccccc2n1. The highest BCUT2D eigenvalue weighted by Gasteiger charge is 2.27. The highest BCUT2D eigenvalue weighted by molar-refractivity contribution is 7.18. The van der Waals surface area contributed by atoms with Gasteiger partial charge in [0.15, 0.2) is 0 Å². The zero-order chi connectivity index (χ0) is 23.4. The van der Waals surface area contributed by atoms with E-state index >= 15 is 0 Å². The average molecular weight is 476 g/mol. The molecule has 6 aromatic rings. The van der Waals surface area contributed by atoms with E-state index in [1.807, 2.05) is 55.5 Å². The first-order valence-corrected chi connectivity index (χ1v) is 12.5. The molecule has 0 aliphatic heterocycles. The van der Waals surface area contributed by atoms with Gasteiger partial charge in [0.2, 0.25) is 5.88 Å². The van der Waals surface area contributed by atoms with E-state index in [1.165, 1.54) is 22.5 Å². The largest absolute Gasteiger partial charge is 0.438 e. The molecule has 1 saturated carbocycles. The van der Waals surface area contributed by atoms with Crippen molar-refractivity contribution in [3.63, 3.8) is 0 Å². The summed E-state index contributed by atoms with van der Waals surface area (Å²) in [5.41, 5.74) is 4.61. The van der Waals surface area contributed by atoms with Gasteiger partial charge in [-0.15, -0.1) is 11.3 Å². The van der Waals surface area contributed by atoms with Crippen LogP contribution in [0.5, 0.6) is 11.6 Å². The number of aromatic nitrogens is 4. The van der Waals surface area contributed by atoms with Crippen LogP contribution in [0.25, 0.3) is 32.0 Å². The van der Waals surface area contributed by atoms with Gasteiger partial charge in [-0.1, -0.05) is 12.1 Å². The second-order valence-corrected chi connectivity index (χ2v) is 9.96. The van der Waals surface area contributed by atoms with Crippen molar-refractivity contribution in [2.75, 3.05) is 5.32 Å². The number of ether oxygens (including phenoxy) is 1. The maximum absolute atomic E-state index is 6.33. The van der Waals surface area contributed by atoms with Gasteiger partial charge < -0.3 is 10.1 Å². The Bertz CT molecular complexity index is 1740. The highest BCUT2D eigenvalue weighted by Crippen LogP contribution is 2.43. The fraction of sp³-hybridized carbons (Fsp3) is 0.143. The Kier molecular flexibility index (Phi) is 4.63. The van der Waals surface area contributed by atoms with Crippen LogP contribution < -0.4 is 10.1 Å². The number of anilines is 2. The third-order valence-corrected chi connectivity index (χ3v) is 7.37. The first kappa shape index (κ1) is 20.3. The van der Waals surface area contributed by atoms with E-state index in [0.717, 1.165) is 44.5 Å². The molecule has 0 atom stereocenters. The van der Waals surface area contributed by atoms with E-state index in [4.69, 9.17) is 14.7 Å². The van der Waals surface area contributed by atoms with Crippen molar-refractivity contribution in [3.8, 4) is 11.6 Å². The van der Waals surface area contributed by atoms with Crippen molar-refractivity contribution in [2.24, 2.45) is 0 Å². The van der Waals surface area contributed by atoms with E-state index in [-0.39, 0.29) is 0 Å². The molecule has 7 heteroatoms. The molecule has 170 valence electrons. The van der Waals surface area contributed by atoms with Crippen molar-refractivity contribution >= 4 is 54.9 Å².